The molecule has 1 atom stereocenters. The number of ether oxygens (including phenoxy) is 1. The zero-order chi connectivity index (χ0) is 15.6. The van der Waals surface area contributed by atoms with Gasteiger partial charge in [0.1, 0.15) is 11.6 Å². The number of nitrogen functional groups attached to an aromatic ring is 1. The number of anilines is 2. The molecular formula is C15H22N4O2. The quantitative estimate of drug-likeness (QED) is 0.879. The molecule has 0 aliphatic rings. The molecule has 0 bridgehead atoms. The van der Waals surface area contributed by atoms with Gasteiger partial charge in [-0.25, -0.2) is 0 Å². The predicted molar refractivity (Wildman–Crippen MR) is 82.4 cm³/mol. The van der Waals surface area contributed by atoms with Crippen LogP contribution in [-0.4, -0.2) is 16.2 Å². The molecule has 0 fully saturated rings. The molecule has 2 heterocycles. The van der Waals surface area contributed by atoms with Crippen molar-refractivity contribution in [3.05, 3.63) is 29.2 Å². The van der Waals surface area contributed by atoms with E-state index in [4.69, 9.17) is 15.0 Å². The van der Waals surface area contributed by atoms with Crippen LogP contribution in [0.4, 0.5) is 11.5 Å². The first-order valence-corrected chi connectivity index (χ1v) is 7.01. The molecule has 0 saturated carbocycles. The third kappa shape index (κ3) is 3.45. The average molecular weight is 290 g/mol. The maximum Gasteiger partial charge on any atom is 0.239 e. The van der Waals surface area contributed by atoms with Crippen LogP contribution in [0.5, 0.6) is 5.88 Å². The molecule has 6 heteroatoms. The van der Waals surface area contributed by atoms with Crippen molar-refractivity contribution in [2.45, 2.75) is 46.8 Å². The Balaban J connectivity index is 2.20. The monoisotopic (exact) mass is 290 g/mol. The minimum Gasteiger partial charge on any atom is -0.473 e. The van der Waals surface area contributed by atoms with Crippen molar-refractivity contribution in [1.29, 1.82) is 0 Å². The van der Waals surface area contributed by atoms with Crippen LogP contribution in [0.1, 0.15) is 43.8 Å². The Morgan fingerprint density at radius 2 is 1.95 bits per heavy atom. The molecule has 0 aliphatic heterocycles. The molecule has 2 rings (SSSR count). The summed E-state index contributed by atoms with van der Waals surface area (Å²) in [5, 5.41) is 7.29. The molecule has 3 N–H and O–H groups in total. The predicted octanol–water partition coefficient (Wildman–Crippen LogP) is 3.23. The van der Waals surface area contributed by atoms with Crippen LogP contribution in [0.25, 0.3) is 0 Å². The van der Waals surface area contributed by atoms with Gasteiger partial charge in [-0.15, -0.1) is 0 Å². The highest BCUT2D eigenvalue weighted by Crippen LogP contribution is 2.27. The standard InChI is InChI=1S/C15H22N4O2/c1-8(2)20-15-12(16)6-7-13(18-15)17-9(3)14-10(4)19-21-11(14)5/h6-9H,16H2,1-5H3,(H,17,18). The average Bonchev–Trinajstić information content (AvgIpc) is 2.72. The Hall–Kier alpha value is -2.24. The lowest BCUT2D eigenvalue weighted by Crippen LogP contribution is -2.12. The van der Waals surface area contributed by atoms with E-state index in [0.29, 0.717) is 17.4 Å². The Bertz CT molecular complexity index is 603. The number of pyridine rings is 1. The van der Waals surface area contributed by atoms with Gasteiger partial charge in [-0.3, -0.25) is 0 Å². The van der Waals surface area contributed by atoms with Gasteiger partial charge in [0.15, 0.2) is 0 Å². The van der Waals surface area contributed by atoms with Crippen LogP contribution in [0.15, 0.2) is 16.7 Å². The van der Waals surface area contributed by atoms with Gasteiger partial charge >= 0.3 is 0 Å². The molecule has 0 saturated heterocycles. The van der Waals surface area contributed by atoms with Gasteiger partial charge in [0, 0.05) is 5.56 Å². The first-order valence-electron chi connectivity index (χ1n) is 7.01. The van der Waals surface area contributed by atoms with Crippen molar-refractivity contribution in [2.24, 2.45) is 0 Å². The van der Waals surface area contributed by atoms with Crippen molar-refractivity contribution in [2.75, 3.05) is 11.1 Å². The van der Waals surface area contributed by atoms with Crippen molar-refractivity contribution in [1.82, 2.24) is 10.1 Å². The lowest BCUT2D eigenvalue weighted by atomic mass is 10.1. The Morgan fingerprint density at radius 1 is 1.24 bits per heavy atom. The summed E-state index contributed by atoms with van der Waals surface area (Å²) in [7, 11) is 0. The fraction of sp³-hybridized carbons (Fsp3) is 0.467. The molecule has 2 aromatic rings. The van der Waals surface area contributed by atoms with E-state index in [1.165, 1.54) is 0 Å². The topological polar surface area (TPSA) is 86.2 Å². The van der Waals surface area contributed by atoms with Crippen LogP contribution < -0.4 is 15.8 Å². The summed E-state index contributed by atoms with van der Waals surface area (Å²) in [6.45, 7) is 9.74. The fourth-order valence-corrected chi connectivity index (χ4v) is 2.25. The summed E-state index contributed by atoms with van der Waals surface area (Å²) in [6.07, 6.45) is 0.0232. The van der Waals surface area contributed by atoms with Crippen LogP contribution in [0.2, 0.25) is 0 Å². The maximum absolute atomic E-state index is 5.87. The number of rotatable bonds is 5. The van der Waals surface area contributed by atoms with E-state index < -0.39 is 0 Å². The third-order valence-electron chi connectivity index (χ3n) is 3.12. The second kappa shape index (κ2) is 6.03. The molecule has 0 aliphatic carbocycles. The maximum atomic E-state index is 5.87. The van der Waals surface area contributed by atoms with E-state index in [-0.39, 0.29) is 12.1 Å². The highest BCUT2D eigenvalue weighted by Gasteiger charge is 2.17. The summed E-state index contributed by atoms with van der Waals surface area (Å²) in [5.41, 5.74) is 8.32. The molecule has 0 spiro atoms. The summed E-state index contributed by atoms with van der Waals surface area (Å²) in [5.74, 6) is 1.95. The summed E-state index contributed by atoms with van der Waals surface area (Å²) < 4.78 is 10.8. The normalized spacial score (nSPS) is 12.5. The second-order valence-electron chi connectivity index (χ2n) is 5.36. The first kappa shape index (κ1) is 15.2. The number of aryl methyl sites for hydroxylation is 2. The Labute approximate surface area is 124 Å². The van der Waals surface area contributed by atoms with Gasteiger partial charge in [0.05, 0.1) is 23.5 Å². The minimum absolute atomic E-state index is 0.0232. The summed E-state index contributed by atoms with van der Waals surface area (Å²) in [6, 6.07) is 3.64. The largest absolute Gasteiger partial charge is 0.473 e. The summed E-state index contributed by atoms with van der Waals surface area (Å²) in [4.78, 5) is 4.41. The lowest BCUT2D eigenvalue weighted by molar-refractivity contribution is 0.234. The molecule has 114 valence electrons. The van der Waals surface area contributed by atoms with Crippen LogP contribution >= 0.6 is 0 Å². The van der Waals surface area contributed by atoms with Crippen LogP contribution in [0, 0.1) is 13.8 Å². The molecule has 0 amide bonds. The van der Waals surface area contributed by atoms with Gasteiger partial charge in [0.2, 0.25) is 5.88 Å². The summed E-state index contributed by atoms with van der Waals surface area (Å²) >= 11 is 0. The van der Waals surface area contributed by atoms with Crippen LogP contribution in [0.3, 0.4) is 0 Å². The van der Waals surface area contributed by atoms with Crippen molar-refractivity contribution >= 4 is 11.5 Å². The number of nitrogens with zero attached hydrogens (tertiary/aromatic N) is 2. The first-order chi connectivity index (χ1) is 9.88. The van der Waals surface area contributed by atoms with Gasteiger partial charge in [-0.1, -0.05) is 5.16 Å². The molecule has 21 heavy (non-hydrogen) atoms. The highest BCUT2D eigenvalue weighted by atomic mass is 16.5. The molecule has 2 aromatic heterocycles. The SMILES string of the molecule is Cc1noc(C)c1C(C)Nc1ccc(N)c(OC(C)C)n1. The second-order valence-corrected chi connectivity index (χ2v) is 5.36. The number of nitrogens with one attached hydrogen (secondary N) is 1. The molecule has 0 aromatic carbocycles. The van der Waals surface area contributed by atoms with E-state index in [9.17, 15) is 0 Å². The van der Waals surface area contributed by atoms with Gasteiger partial charge in [-0.05, 0) is 46.8 Å². The van der Waals surface area contributed by atoms with Crippen molar-refractivity contribution in [3.8, 4) is 5.88 Å². The number of aromatic nitrogens is 2. The van der Waals surface area contributed by atoms with Gasteiger partial charge < -0.3 is 20.3 Å². The van der Waals surface area contributed by atoms with Gasteiger partial charge in [0.25, 0.3) is 0 Å². The third-order valence-corrected chi connectivity index (χ3v) is 3.12. The molecule has 6 nitrogen and oxygen atoms in total. The molecular weight excluding hydrogens is 268 g/mol. The zero-order valence-corrected chi connectivity index (χ0v) is 13.1. The number of hydrogen-bond donors (Lipinski definition) is 2. The van der Waals surface area contributed by atoms with Crippen LogP contribution in [-0.2, 0) is 0 Å². The highest BCUT2D eigenvalue weighted by molar-refractivity contribution is 5.54. The lowest BCUT2D eigenvalue weighted by Gasteiger charge is -2.16. The van der Waals surface area contributed by atoms with E-state index >= 15 is 0 Å². The van der Waals surface area contributed by atoms with E-state index in [0.717, 1.165) is 17.0 Å². The van der Waals surface area contributed by atoms with E-state index in [1.54, 1.807) is 6.07 Å². The minimum atomic E-state index is 0.0232. The Kier molecular flexibility index (Phi) is 4.35. The smallest absolute Gasteiger partial charge is 0.239 e. The van der Waals surface area contributed by atoms with E-state index in [2.05, 4.69) is 15.5 Å². The van der Waals surface area contributed by atoms with Crippen molar-refractivity contribution in [3.63, 3.8) is 0 Å². The molecule has 0 radical (unpaired) electrons. The van der Waals surface area contributed by atoms with Crippen molar-refractivity contribution < 1.29 is 9.26 Å². The van der Waals surface area contributed by atoms with Gasteiger partial charge in [-0.2, -0.15) is 4.98 Å². The zero-order valence-electron chi connectivity index (χ0n) is 13.1. The molecule has 1 unspecified atom stereocenters. The Morgan fingerprint density at radius 3 is 2.52 bits per heavy atom. The van der Waals surface area contributed by atoms with E-state index in [1.807, 2.05) is 40.7 Å². The number of hydrogen-bond acceptors (Lipinski definition) is 6. The number of nitrogens with two attached hydrogens (primary N) is 1. The fourth-order valence-electron chi connectivity index (χ4n) is 2.25.